The van der Waals surface area contributed by atoms with E-state index in [1.165, 1.54) is 24.0 Å². The molecule has 2 aromatic carbocycles. The molecule has 2 aromatic rings. The van der Waals surface area contributed by atoms with E-state index in [4.69, 9.17) is 4.74 Å². The van der Waals surface area contributed by atoms with E-state index in [0.717, 1.165) is 18.4 Å². The number of benzene rings is 2. The summed E-state index contributed by atoms with van der Waals surface area (Å²) in [5.74, 6) is 0. The molecule has 2 rings (SSSR count). The van der Waals surface area contributed by atoms with Crippen LogP contribution in [0.5, 0.6) is 0 Å². The lowest BCUT2D eigenvalue weighted by Crippen LogP contribution is -2.14. The standard InChI is InChI=1S/C20H26O2/c1-2-3-5-10-20(21)16-22-15-17-11-13-19(14-12-17)18-8-6-4-7-9-18/h4,6-9,11-14,20-21H,2-3,5,10,15-16H2,1H3. The zero-order valence-electron chi connectivity index (χ0n) is 13.4. The molecule has 0 aliphatic heterocycles. The summed E-state index contributed by atoms with van der Waals surface area (Å²) in [4.78, 5) is 0. The molecule has 0 spiro atoms. The molecule has 0 fully saturated rings. The van der Waals surface area contributed by atoms with Crippen molar-refractivity contribution in [3.63, 3.8) is 0 Å². The Morgan fingerprint density at radius 1 is 0.909 bits per heavy atom. The van der Waals surface area contributed by atoms with Crippen LogP contribution in [-0.2, 0) is 11.3 Å². The van der Waals surface area contributed by atoms with Crippen molar-refractivity contribution in [2.45, 2.75) is 45.3 Å². The zero-order valence-corrected chi connectivity index (χ0v) is 13.4. The highest BCUT2D eigenvalue weighted by Crippen LogP contribution is 2.19. The van der Waals surface area contributed by atoms with Gasteiger partial charge in [-0.05, 0) is 23.1 Å². The number of hydrogen-bond acceptors (Lipinski definition) is 2. The summed E-state index contributed by atoms with van der Waals surface area (Å²) < 4.78 is 5.61. The molecule has 0 saturated heterocycles. The second-order valence-corrected chi connectivity index (χ2v) is 5.73. The van der Waals surface area contributed by atoms with Crippen LogP contribution in [0.15, 0.2) is 54.6 Å². The third kappa shape index (κ3) is 5.63. The number of ether oxygens (including phenoxy) is 1. The molecular formula is C20H26O2. The quantitative estimate of drug-likeness (QED) is 0.673. The summed E-state index contributed by atoms with van der Waals surface area (Å²) in [6.07, 6.45) is 3.93. The molecule has 2 nitrogen and oxygen atoms in total. The smallest absolute Gasteiger partial charge is 0.0773 e. The van der Waals surface area contributed by atoms with Gasteiger partial charge in [-0.2, -0.15) is 0 Å². The van der Waals surface area contributed by atoms with Gasteiger partial charge in [-0.15, -0.1) is 0 Å². The summed E-state index contributed by atoms with van der Waals surface area (Å²) in [6, 6.07) is 18.8. The third-order valence-corrected chi connectivity index (χ3v) is 3.78. The molecular weight excluding hydrogens is 272 g/mol. The van der Waals surface area contributed by atoms with E-state index in [1.54, 1.807) is 0 Å². The van der Waals surface area contributed by atoms with E-state index < -0.39 is 0 Å². The normalized spacial score (nSPS) is 12.3. The third-order valence-electron chi connectivity index (χ3n) is 3.78. The lowest BCUT2D eigenvalue weighted by molar-refractivity contribution is 0.0234. The Kier molecular flexibility index (Phi) is 7.14. The van der Waals surface area contributed by atoms with Crippen molar-refractivity contribution in [2.75, 3.05) is 6.61 Å². The monoisotopic (exact) mass is 298 g/mol. The van der Waals surface area contributed by atoms with E-state index in [2.05, 4.69) is 43.3 Å². The van der Waals surface area contributed by atoms with Crippen molar-refractivity contribution >= 4 is 0 Å². The molecule has 0 aliphatic rings. The molecule has 118 valence electrons. The number of aliphatic hydroxyl groups excluding tert-OH is 1. The topological polar surface area (TPSA) is 29.5 Å². The van der Waals surface area contributed by atoms with E-state index in [1.807, 2.05) is 18.2 Å². The Hall–Kier alpha value is -1.64. The molecule has 0 amide bonds. The molecule has 2 heteroatoms. The minimum Gasteiger partial charge on any atom is -0.391 e. The van der Waals surface area contributed by atoms with Crippen LogP contribution in [0.4, 0.5) is 0 Å². The summed E-state index contributed by atoms with van der Waals surface area (Å²) in [7, 11) is 0. The fraction of sp³-hybridized carbons (Fsp3) is 0.400. The van der Waals surface area contributed by atoms with Crippen molar-refractivity contribution < 1.29 is 9.84 Å². The van der Waals surface area contributed by atoms with Gasteiger partial charge in [-0.25, -0.2) is 0 Å². The van der Waals surface area contributed by atoms with Gasteiger partial charge in [0.2, 0.25) is 0 Å². The second kappa shape index (κ2) is 9.39. The van der Waals surface area contributed by atoms with Crippen LogP contribution in [0.2, 0.25) is 0 Å². The molecule has 0 aromatic heterocycles. The van der Waals surface area contributed by atoms with Gasteiger partial charge >= 0.3 is 0 Å². The maximum absolute atomic E-state index is 9.82. The lowest BCUT2D eigenvalue weighted by atomic mass is 10.0. The first kappa shape index (κ1) is 16.7. The van der Waals surface area contributed by atoms with Crippen molar-refractivity contribution in [3.05, 3.63) is 60.2 Å². The van der Waals surface area contributed by atoms with Gasteiger partial charge in [0, 0.05) is 0 Å². The van der Waals surface area contributed by atoms with Crippen molar-refractivity contribution in [2.24, 2.45) is 0 Å². The van der Waals surface area contributed by atoms with Crippen LogP contribution in [-0.4, -0.2) is 17.8 Å². The molecule has 0 saturated carbocycles. The van der Waals surface area contributed by atoms with E-state index >= 15 is 0 Å². The highest BCUT2D eigenvalue weighted by atomic mass is 16.5. The summed E-state index contributed by atoms with van der Waals surface area (Å²) in [6.45, 7) is 3.14. The predicted octanol–water partition coefficient (Wildman–Crippen LogP) is 4.81. The minimum atomic E-state index is -0.338. The molecule has 0 bridgehead atoms. The van der Waals surface area contributed by atoms with Crippen LogP contribution in [0.1, 0.15) is 38.2 Å². The van der Waals surface area contributed by atoms with Crippen LogP contribution < -0.4 is 0 Å². The molecule has 0 aliphatic carbocycles. The first-order chi connectivity index (χ1) is 10.8. The summed E-state index contributed by atoms with van der Waals surface area (Å²) in [5.41, 5.74) is 3.57. The Balaban J connectivity index is 1.75. The lowest BCUT2D eigenvalue weighted by Gasteiger charge is -2.11. The molecule has 1 unspecified atom stereocenters. The van der Waals surface area contributed by atoms with Crippen molar-refractivity contribution in [1.29, 1.82) is 0 Å². The number of aliphatic hydroxyl groups is 1. The van der Waals surface area contributed by atoms with Crippen molar-refractivity contribution in [1.82, 2.24) is 0 Å². The van der Waals surface area contributed by atoms with Gasteiger partial charge in [-0.1, -0.05) is 80.8 Å². The van der Waals surface area contributed by atoms with E-state index in [9.17, 15) is 5.11 Å². The molecule has 0 radical (unpaired) electrons. The SMILES string of the molecule is CCCCCC(O)COCc1ccc(-c2ccccc2)cc1. The first-order valence-electron chi connectivity index (χ1n) is 8.19. The fourth-order valence-corrected chi connectivity index (χ4v) is 2.45. The van der Waals surface area contributed by atoms with Gasteiger partial charge in [0.1, 0.15) is 0 Å². The summed E-state index contributed by atoms with van der Waals surface area (Å²) in [5, 5.41) is 9.82. The molecule has 22 heavy (non-hydrogen) atoms. The molecule has 1 N–H and O–H groups in total. The number of hydrogen-bond donors (Lipinski definition) is 1. The Labute approximate surface area is 133 Å². The number of rotatable bonds is 9. The van der Waals surface area contributed by atoms with Gasteiger partial charge in [-0.3, -0.25) is 0 Å². The largest absolute Gasteiger partial charge is 0.391 e. The van der Waals surface area contributed by atoms with Gasteiger partial charge < -0.3 is 9.84 Å². The van der Waals surface area contributed by atoms with Gasteiger partial charge in [0.25, 0.3) is 0 Å². The van der Waals surface area contributed by atoms with Gasteiger partial charge in [0.15, 0.2) is 0 Å². The fourth-order valence-electron chi connectivity index (χ4n) is 2.45. The molecule has 1 atom stereocenters. The average molecular weight is 298 g/mol. The highest BCUT2D eigenvalue weighted by Gasteiger charge is 2.04. The van der Waals surface area contributed by atoms with Crippen LogP contribution in [0.25, 0.3) is 11.1 Å². The zero-order chi connectivity index (χ0) is 15.6. The summed E-state index contributed by atoms with van der Waals surface area (Å²) >= 11 is 0. The minimum absolute atomic E-state index is 0.338. The first-order valence-corrected chi connectivity index (χ1v) is 8.19. The Morgan fingerprint density at radius 2 is 1.59 bits per heavy atom. The Morgan fingerprint density at radius 3 is 2.27 bits per heavy atom. The van der Waals surface area contributed by atoms with Crippen LogP contribution in [0.3, 0.4) is 0 Å². The highest BCUT2D eigenvalue weighted by molar-refractivity contribution is 5.63. The van der Waals surface area contributed by atoms with E-state index in [0.29, 0.717) is 13.2 Å². The van der Waals surface area contributed by atoms with Gasteiger partial charge in [0.05, 0.1) is 19.3 Å². The van der Waals surface area contributed by atoms with Crippen LogP contribution >= 0.6 is 0 Å². The van der Waals surface area contributed by atoms with Crippen molar-refractivity contribution in [3.8, 4) is 11.1 Å². The van der Waals surface area contributed by atoms with Crippen LogP contribution in [0, 0.1) is 0 Å². The second-order valence-electron chi connectivity index (χ2n) is 5.73. The number of unbranched alkanes of at least 4 members (excludes halogenated alkanes) is 2. The maximum atomic E-state index is 9.82. The maximum Gasteiger partial charge on any atom is 0.0773 e. The molecule has 0 heterocycles. The average Bonchev–Trinajstić information content (AvgIpc) is 2.57. The predicted molar refractivity (Wildman–Crippen MR) is 91.7 cm³/mol. The Bertz CT molecular complexity index is 519. The van der Waals surface area contributed by atoms with E-state index in [-0.39, 0.29) is 6.10 Å².